The average Bonchev–Trinajstić information content (AvgIpc) is 2.91. The van der Waals surface area contributed by atoms with Crippen LogP contribution in [0.25, 0.3) is 0 Å². The van der Waals surface area contributed by atoms with Crippen molar-refractivity contribution in [1.29, 1.82) is 0 Å². The number of alkyl halides is 1. The van der Waals surface area contributed by atoms with Crippen LogP contribution in [0.4, 0.5) is 13.2 Å². The van der Waals surface area contributed by atoms with Gasteiger partial charge in [-0.1, -0.05) is 40.2 Å². The maximum atomic E-state index is 13.8. The highest BCUT2D eigenvalue weighted by Crippen LogP contribution is 2.35. The van der Waals surface area contributed by atoms with E-state index in [4.69, 9.17) is 0 Å². The molecule has 4 heteroatoms. The van der Waals surface area contributed by atoms with Crippen LogP contribution >= 0.6 is 15.9 Å². The lowest BCUT2D eigenvalue weighted by molar-refractivity contribution is 0.442. The number of aryl methyl sites for hydroxylation is 2. The third kappa shape index (κ3) is 2.26. The first-order valence-electron chi connectivity index (χ1n) is 6.47. The lowest BCUT2D eigenvalue weighted by Crippen LogP contribution is -2.02. The average molecular weight is 341 g/mol. The molecule has 1 unspecified atom stereocenters. The Morgan fingerprint density at radius 3 is 2.45 bits per heavy atom. The van der Waals surface area contributed by atoms with Gasteiger partial charge in [0.15, 0.2) is 17.5 Å². The van der Waals surface area contributed by atoms with E-state index in [1.807, 2.05) is 18.2 Å². The van der Waals surface area contributed by atoms with E-state index in [-0.39, 0.29) is 5.56 Å². The van der Waals surface area contributed by atoms with Crippen molar-refractivity contribution < 1.29 is 13.2 Å². The topological polar surface area (TPSA) is 0 Å². The Hall–Kier alpha value is -1.29. The number of fused-ring (bicyclic) bond motifs is 1. The van der Waals surface area contributed by atoms with Crippen molar-refractivity contribution in [2.45, 2.75) is 24.1 Å². The monoisotopic (exact) mass is 340 g/mol. The molecule has 0 radical (unpaired) electrons. The van der Waals surface area contributed by atoms with Crippen LogP contribution in [0.2, 0.25) is 0 Å². The molecule has 0 amide bonds. The molecular weight excluding hydrogens is 329 g/mol. The molecule has 0 spiro atoms. The van der Waals surface area contributed by atoms with Gasteiger partial charge in [-0.15, -0.1) is 0 Å². The van der Waals surface area contributed by atoms with Crippen LogP contribution in [0.5, 0.6) is 0 Å². The third-order valence-electron chi connectivity index (χ3n) is 3.75. The van der Waals surface area contributed by atoms with Gasteiger partial charge in [0.1, 0.15) is 0 Å². The quantitative estimate of drug-likeness (QED) is 0.528. The van der Waals surface area contributed by atoms with Crippen LogP contribution in [0.3, 0.4) is 0 Å². The zero-order valence-corrected chi connectivity index (χ0v) is 12.2. The van der Waals surface area contributed by atoms with Gasteiger partial charge in [0.05, 0.1) is 4.83 Å². The third-order valence-corrected chi connectivity index (χ3v) is 4.78. The van der Waals surface area contributed by atoms with Crippen molar-refractivity contribution in [3.63, 3.8) is 0 Å². The van der Waals surface area contributed by atoms with E-state index in [0.717, 1.165) is 30.9 Å². The highest BCUT2D eigenvalue weighted by atomic mass is 79.9. The van der Waals surface area contributed by atoms with Gasteiger partial charge in [0, 0.05) is 5.56 Å². The molecule has 0 bridgehead atoms. The molecule has 3 rings (SSSR count). The van der Waals surface area contributed by atoms with Crippen molar-refractivity contribution in [1.82, 2.24) is 0 Å². The summed E-state index contributed by atoms with van der Waals surface area (Å²) in [6.07, 6.45) is 3.22. The van der Waals surface area contributed by atoms with Gasteiger partial charge >= 0.3 is 0 Å². The van der Waals surface area contributed by atoms with Crippen LogP contribution in [0.15, 0.2) is 30.3 Å². The number of halogens is 4. The molecule has 1 aliphatic rings. The van der Waals surface area contributed by atoms with Gasteiger partial charge in [0.25, 0.3) is 0 Å². The minimum absolute atomic E-state index is 0.113. The normalized spacial score (nSPS) is 15.2. The summed E-state index contributed by atoms with van der Waals surface area (Å²) in [6.45, 7) is 0. The first-order valence-corrected chi connectivity index (χ1v) is 7.38. The fourth-order valence-electron chi connectivity index (χ4n) is 2.67. The molecule has 0 N–H and O–H groups in total. The summed E-state index contributed by atoms with van der Waals surface area (Å²) in [5, 5.41) is 0. The standard InChI is InChI=1S/C16H12BrF3/c17-14(12-6-7-13(18)16(20)15(12)19)11-5-4-9-2-1-3-10(9)8-11/h4-8,14H,1-3H2. The van der Waals surface area contributed by atoms with Crippen LogP contribution in [-0.4, -0.2) is 0 Å². The van der Waals surface area contributed by atoms with Crippen molar-refractivity contribution in [2.75, 3.05) is 0 Å². The first kappa shape index (κ1) is 13.7. The van der Waals surface area contributed by atoms with Gasteiger partial charge < -0.3 is 0 Å². The minimum atomic E-state index is -1.42. The Balaban J connectivity index is 2.00. The van der Waals surface area contributed by atoms with E-state index in [1.54, 1.807) is 0 Å². The van der Waals surface area contributed by atoms with Crippen molar-refractivity contribution >= 4 is 15.9 Å². The fraction of sp³-hybridized carbons (Fsp3) is 0.250. The lowest BCUT2D eigenvalue weighted by Gasteiger charge is -2.14. The Kier molecular flexibility index (Phi) is 3.59. The maximum Gasteiger partial charge on any atom is 0.194 e. The Bertz CT molecular complexity index is 667. The molecule has 0 saturated carbocycles. The summed E-state index contributed by atoms with van der Waals surface area (Å²) in [5.74, 6) is -3.72. The van der Waals surface area contributed by atoms with E-state index >= 15 is 0 Å². The number of rotatable bonds is 2. The highest BCUT2D eigenvalue weighted by molar-refractivity contribution is 9.09. The summed E-state index contributed by atoms with van der Waals surface area (Å²) in [7, 11) is 0. The predicted octanol–water partition coefficient (Wildman–Crippen LogP) is 5.08. The van der Waals surface area contributed by atoms with Crippen LogP contribution in [0.1, 0.15) is 33.5 Å². The number of hydrogen-bond acceptors (Lipinski definition) is 0. The molecule has 104 valence electrons. The summed E-state index contributed by atoms with van der Waals surface area (Å²) >= 11 is 3.38. The Labute approximate surface area is 123 Å². The van der Waals surface area contributed by atoms with Crippen LogP contribution in [0, 0.1) is 17.5 Å². The molecule has 0 fully saturated rings. The highest BCUT2D eigenvalue weighted by Gasteiger charge is 2.21. The fourth-order valence-corrected chi connectivity index (χ4v) is 3.30. The van der Waals surface area contributed by atoms with E-state index in [9.17, 15) is 13.2 Å². The van der Waals surface area contributed by atoms with Crippen LogP contribution < -0.4 is 0 Å². The van der Waals surface area contributed by atoms with Crippen LogP contribution in [-0.2, 0) is 12.8 Å². The molecule has 0 saturated heterocycles. The second-order valence-corrected chi connectivity index (χ2v) is 5.92. The second-order valence-electron chi connectivity index (χ2n) is 5.01. The first-order chi connectivity index (χ1) is 9.58. The van der Waals surface area contributed by atoms with Gasteiger partial charge in [0.2, 0.25) is 0 Å². The Morgan fingerprint density at radius 1 is 0.900 bits per heavy atom. The molecule has 1 aliphatic carbocycles. The Morgan fingerprint density at radius 2 is 1.65 bits per heavy atom. The number of benzene rings is 2. The summed E-state index contributed by atoms with van der Waals surface area (Å²) in [5.41, 5.74) is 3.55. The largest absolute Gasteiger partial charge is 0.204 e. The maximum absolute atomic E-state index is 13.8. The number of hydrogen-bond donors (Lipinski definition) is 0. The molecular formula is C16H12BrF3. The molecule has 0 aliphatic heterocycles. The molecule has 2 aromatic carbocycles. The second kappa shape index (κ2) is 5.24. The predicted molar refractivity (Wildman–Crippen MR) is 75.6 cm³/mol. The van der Waals surface area contributed by atoms with E-state index < -0.39 is 22.3 Å². The van der Waals surface area contributed by atoms with Gasteiger partial charge in [-0.3, -0.25) is 0 Å². The SMILES string of the molecule is Fc1ccc(C(Br)c2ccc3c(c2)CCC3)c(F)c1F. The molecule has 2 aromatic rings. The van der Waals surface area contributed by atoms with E-state index in [2.05, 4.69) is 15.9 Å². The zero-order chi connectivity index (χ0) is 14.3. The zero-order valence-electron chi connectivity index (χ0n) is 10.6. The van der Waals surface area contributed by atoms with Gasteiger partial charge in [-0.25, -0.2) is 13.2 Å². The lowest BCUT2D eigenvalue weighted by atomic mass is 10.00. The smallest absolute Gasteiger partial charge is 0.194 e. The van der Waals surface area contributed by atoms with Crippen molar-refractivity contribution in [3.8, 4) is 0 Å². The molecule has 1 atom stereocenters. The summed E-state index contributed by atoms with van der Waals surface area (Å²) < 4.78 is 40.1. The van der Waals surface area contributed by atoms with E-state index in [0.29, 0.717) is 0 Å². The summed E-state index contributed by atoms with van der Waals surface area (Å²) in [4.78, 5) is -0.483. The van der Waals surface area contributed by atoms with Gasteiger partial charge in [-0.05, 0) is 42.0 Å². The van der Waals surface area contributed by atoms with Gasteiger partial charge in [-0.2, -0.15) is 0 Å². The molecule has 20 heavy (non-hydrogen) atoms. The van der Waals surface area contributed by atoms with Crippen molar-refractivity contribution in [2.24, 2.45) is 0 Å². The van der Waals surface area contributed by atoms with Crippen molar-refractivity contribution in [3.05, 3.63) is 70.0 Å². The molecule has 0 nitrogen and oxygen atoms in total. The molecule has 0 heterocycles. The summed E-state index contributed by atoms with van der Waals surface area (Å²) in [6, 6.07) is 8.19. The van der Waals surface area contributed by atoms with E-state index in [1.165, 1.54) is 17.2 Å². The molecule has 0 aromatic heterocycles. The minimum Gasteiger partial charge on any atom is -0.204 e.